The summed E-state index contributed by atoms with van der Waals surface area (Å²) in [6.45, 7) is 6.36. The van der Waals surface area contributed by atoms with Crippen LogP contribution in [0, 0.1) is 17.5 Å². The van der Waals surface area contributed by atoms with Crippen LogP contribution < -0.4 is 4.90 Å². The summed E-state index contributed by atoms with van der Waals surface area (Å²) < 4.78 is 2.38. The van der Waals surface area contributed by atoms with Gasteiger partial charge in [-0.05, 0) is 61.7 Å². The van der Waals surface area contributed by atoms with Crippen molar-refractivity contribution in [2.45, 2.75) is 39.5 Å². The molecule has 0 aliphatic rings. The van der Waals surface area contributed by atoms with E-state index < -0.39 is 0 Å². The SMILES string of the molecule is CCCCN(CCCC)c1nc(=S)[nH]c(=S)[nH]1.S=c1[nH][nH]c(=S)s1. The van der Waals surface area contributed by atoms with E-state index in [1.54, 1.807) is 0 Å². The lowest BCUT2D eigenvalue weighted by atomic mass is 10.3. The number of nitrogens with zero attached hydrogens (tertiary/aromatic N) is 2. The minimum atomic E-state index is 0.446. The fourth-order valence-electron chi connectivity index (χ4n) is 1.79. The van der Waals surface area contributed by atoms with Crippen molar-refractivity contribution in [1.29, 1.82) is 0 Å². The van der Waals surface area contributed by atoms with Gasteiger partial charge in [0.1, 0.15) is 0 Å². The summed E-state index contributed by atoms with van der Waals surface area (Å²) in [4.78, 5) is 12.4. The molecule has 134 valence electrons. The maximum Gasteiger partial charge on any atom is 0.207 e. The zero-order valence-electron chi connectivity index (χ0n) is 13.7. The molecule has 0 spiro atoms. The molecule has 0 fully saturated rings. The van der Waals surface area contributed by atoms with Gasteiger partial charge < -0.3 is 14.9 Å². The molecule has 2 heterocycles. The van der Waals surface area contributed by atoms with E-state index in [4.69, 9.17) is 48.9 Å². The molecule has 0 saturated carbocycles. The topological polar surface area (TPSA) is 79.3 Å². The second kappa shape index (κ2) is 11.7. The zero-order chi connectivity index (χ0) is 17.9. The summed E-state index contributed by atoms with van der Waals surface area (Å²) >= 11 is 20.9. The first-order chi connectivity index (χ1) is 11.5. The van der Waals surface area contributed by atoms with Crippen LogP contribution in [0.5, 0.6) is 0 Å². The van der Waals surface area contributed by atoms with Gasteiger partial charge in [0.05, 0.1) is 0 Å². The van der Waals surface area contributed by atoms with Crippen molar-refractivity contribution >= 4 is 66.2 Å². The standard InChI is InChI=1S/C11H20N4S2.C2H2N2S3/c1-3-5-7-15(8-6-4-2)9-12-10(16)14-11(17)13-9;5-1-3-4-2(6)7-1/h3-8H2,1-2H3,(H2,12,13,14,16,17);(H,3,5)(H,4,6). The molecule has 0 saturated heterocycles. The summed E-state index contributed by atoms with van der Waals surface area (Å²) in [5.74, 6) is 0.792. The summed E-state index contributed by atoms with van der Waals surface area (Å²) in [6, 6.07) is 0. The van der Waals surface area contributed by atoms with Crippen LogP contribution in [0.25, 0.3) is 0 Å². The molecule has 0 aliphatic carbocycles. The number of H-pyrrole nitrogens is 4. The average molecular weight is 423 g/mol. The fraction of sp³-hybridized carbons (Fsp3) is 0.615. The Labute approximate surface area is 165 Å². The zero-order valence-corrected chi connectivity index (χ0v) is 17.8. The molecular weight excluding hydrogens is 401 g/mol. The highest BCUT2D eigenvalue weighted by Crippen LogP contribution is 2.09. The first kappa shape index (κ1) is 21.3. The first-order valence-electron chi connectivity index (χ1n) is 7.69. The maximum absolute atomic E-state index is 5.09. The summed E-state index contributed by atoms with van der Waals surface area (Å²) in [5.41, 5.74) is 0. The summed E-state index contributed by atoms with van der Waals surface area (Å²) in [6.07, 6.45) is 4.64. The van der Waals surface area contributed by atoms with Gasteiger partial charge in [-0.3, -0.25) is 10.2 Å². The monoisotopic (exact) mass is 422 g/mol. The summed E-state index contributed by atoms with van der Waals surface area (Å²) in [5, 5.41) is 5.34. The number of nitrogens with one attached hydrogen (secondary N) is 4. The maximum atomic E-state index is 5.09. The predicted molar refractivity (Wildman–Crippen MR) is 111 cm³/mol. The van der Waals surface area contributed by atoms with E-state index in [2.05, 4.69) is 43.9 Å². The van der Waals surface area contributed by atoms with Gasteiger partial charge in [0.2, 0.25) is 10.7 Å². The highest BCUT2D eigenvalue weighted by atomic mass is 32.2. The smallest absolute Gasteiger partial charge is 0.207 e. The Bertz CT molecular complexity index is 752. The van der Waals surface area contributed by atoms with Crippen molar-refractivity contribution in [2.75, 3.05) is 18.0 Å². The van der Waals surface area contributed by atoms with Crippen LogP contribution in [0.3, 0.4) is 0 Å². The van der Waals surface area contributed by atoms with Crippen LogP contribution in [0.15, 0.2) is 0 Å². The van der Waals surface area contributed by atoms with Gasteiger partial charge in [0, 0.05) is 13.1 Å². The van der Waals surface area contributed by atoms with Crippen LogP contribution in [0.1, 0.15) is 39.5 Å². The lowest BCUT2D eigenvalue weighted by molar-refractivity contribution is 0.659. The lowest BCUT2D eigenvalue weighted by Crippen LogP contribution is -2.27. The Hall–Kier alpha value is -0.750. The minimum Gasteiger partial charge on any atom is -0.342 e. The minimum absolute atomic E-state index is 0.446. The predicted octanol–water partition coefficient (Wildman–Crippen LogP) is 5.47. The van der Waals surface area contributed by atoms with E-state index >= 15 is 0 Å². The van der Waals surface area contributed by atoms with Crippen molar-refractivity contribution in [3.8, 4) is 0 Å². The van der Waals surface area contributed by atoms with Crippen LogP contribution in [-0.4, -0.2) is 38.2 Å². The number of unbranched alkanes of at least 4 members (excludes halogenated alkanes) is 2. The van der Waals surface area contributed by atoms with Gasteiger partial charge in [0.15, 0.2) is 12.7 Å². The van der Waals surface area contributed by atoms with Gasteiger partial charge in [0.25, 0.3) is 0 Å². The molecule has 2 rings (SSSR count). The van der Waals surface area contributed by atoms with Crippen molar-refractivity contribution in [1.82, 2.24) is 25.1 Å². The van der Waals surface area contributed by atoms with E-state index in [0.717, 1.165) is 31.9 Å². The molecule has 0 aliphatic heterocycles. The van der Waals surface area contributed by atoms with E-state index in [0.29, 0.717) is 17.5 Å². The third kappa shape index (κ3) is 8.38. The third-order valence-corrected chi connectivity index (χ3v) is 4.64. The number of hydrogen-bond acceptors (Lipinski definition) is 7. The van der Waals surface area contributed by atoms with E-state index in [-0.39, 0.29) is 0 Å². The molecular formula is C13H22N6S5. The van der Waals surface area contributed by atoms with Crippen molar-refractivity contribution < 1.29 is 0 Å². The number of aromatic nitrogens is 5. The fourth-order valence-corrected chi connectivity index (χ4v) is 3.36. The van der Waals surface area contributed by atoms with Crippen molar-refractivity contribution in [3.63, 3.8) is 0 Å². The van der Waals surface area contributed by atoms with Gasteiger partial charge in [-0.1, -0.05) is 38.0 Å². The van der Waals surface area contributed by atoms with Gasteiger partial charge in [-0.2, -0.15) is 4.98 Å². The Kier molecular flexibility index (Phi) is 10.4. The number of anilines is 1. The third-order valence-electron chi connectivity index (χ3n) is 2.97. The van der Waals surface area contributed by atoms with Crippen LogP contribution >= 0.6 is 60.2 Å². The highest BCUT2D eigenvalue weighted by molar-refractivity contribution is 7.75. The Morgan fingerprint density at radius 2 is 1.46 bits per heavy atom. The van der Waals surface area contributed by atoms with Crippen molar-refractivity contribution in [3.05, 3.63) is 17.5 Å². The Morgan fingerprint density at radius 1 is 0.917 bits per heavy atom. The molecule has 0 aromatic carbocycles. The molecule has 0 radical (unpaired) electrons. The van der Waals surface area contributed by atoms with Crippen molar-refractivity contribution in [2.24, 2.45) is 0 Å². The van der Waals surface area contributed by atoms with Crippen LogP contribution in [0.4, 0.5) is 5.95 Å². The second-order valence-corrected chi connectivity index (χ2v) is 8.09. The second-order valence-electron chi connectivity index (χ2n) is 4.94. The number of rotatable bonds is 7. The molecule has 0 atom stereocenters. The quantitative estimate of drug-likeness (QED) is 0.443. The Balaban J connectivity index is 0.000000341. The lowest BCUT2D eigenvalue weighted by Gasteiger charge is -2.22. The molecule has 24 heavy (non-hydrogen) atoms. The average Bonchev–Trinajstić information content (AvgIpc) is 2.90. The molecule has 2 aromatic rings. The first-order valence-corrected chi connectivity index (χ1v) is 10.1. The van der Waals surface area contributed by atoms with Crippen LogP contribution in [0.2, 0.25) is 0 Å². The molecule has 0 bridgehead atoms. The molecule has 6 nitrogen and oxygen atoms in total. The van der Waals surface area contributed by atoms with E-state index in [9.17, 15) is 0 Å². The molecule has 2 aromatic heterocycles. The van der Waals surface area contributed by atoms with E-state index in [1.165, 1.54) is 24.2 Å². The van der Waals surface area contributed by atoms with Gasteiger partial charge in [-0.25, -0.2) is 0 Å². The number of hydrogen-bond donors (Lipinski definition) is 4. The van der Waals surface area contributed by atoms with Gasteiger partial charge >= 0.3 is 0 Å². The largest absolute Gasteiger partial charge is 0.342 e. The molecule has 0 unspecified atom stereocenters. The van der Waals surface area contributed by atoms with Gasteiger partial charge in [-0.15, -0.1) is 0 Å². The van der Waals surface area contributed by atoms with Crippen LogP contribution in [-0.2, 0) is 0 Å². The molecule has 4 N–H and O–H groups in total. The molecule has 0 amide bonds. The number of aromatic amines is 4. The Morgan fingerprint density at radius 3 is 1.83 bits per heavy atom. The highest BCUT2D eigenvalue weighted by Gasteiger charge is 2.07. The normalized spacial score (nSPS) is 10.1. The van der Waals surface area contributed by atoms with E-state index in [1.807, 2.05) is 0 Å². The molecule has 11 heteroatoms. The summed E-state index contributed by atoms with van der Waals surface area (Å²) in [7, 11) is 0.